The van der Waals surface area contributed by atoms with Gasteiger partial charge in [0.25, 0.3) is 0 Å². The Bertz CT molecular complexity index is 419. The van der Waals surface area contributed by atoms with Crippen LogP contribution in [-0.4, -0.2) is 30.6 Å². The lowest BCUT2D eigenvalue weighted by Gasteiger charge is -2.20. The highest BCUT2D eigenvalue weighted by molar-refractivity contribution is 5.99. The molecule has 0 atom stereocenters. The van der Waals surface area contributed by atoms with Crippen LogP contribution in [0.25, 0.3) is 0 Å². The third-order valence-corrected chi connectivity index (χ3v) is 2.97. The average Bonchev–Trinajstić information content (AvgIpc) is 2.27. The second-order valence-corrected chi connectivity index (χ2v) is 5.60. The topological polar surface area (TPSA) is 49.3 Å². The van der Waals surface area contributed by atoms with Crippen LogP contribution in [0.2, 0.25) is 0 Å². The van der Waals surface area contributed by atoms with Crippen LogP contribution in [0.4, 0.5) is 0 Å². The van der Waals surface area contributed by atoms with Crippen LogP contribution in [0.3, 0.4) is 0 Å². The molecule has 3 heteroatoms. The lowest BCUT2D eigenvalue weighted by molar-refractivity contribution is 0.0989. The molecule has 0 radical (unpaired) electrons. The molecule has 3 nitrogen and oxygen atoms in total. The number of aryl methyl sites for hydroxylation is 1. The van der Waals surface area contributed by atoms with Gasteiger partial charge in [-0.3, -0.25) is 4.79 Å². The SMILES string of the molecule is Cc1cc(C(C)(C)C)ccc1C(=O)CNCCO. The van der Waals surface area contributed by atoms with E-state index in [0.29, 0.717) is 6.54 Å². The molecule has 0 aliphatic rings. The zero-order valence-corrected chi connectivity index (χ0v) is 11.7. The predicted octanol–water partition coefficient (Wildman–Crippen LogP) is 2.06. The van der Waals surface area contributed by atoms with Gasteiger partial charge in [-0.15, -0.1) is 0 Å². The second-order valence-electron chi connectivity index (χ2n) is 5.60. The van der Waals surface area contributed by atoms with Gasteiger partial charge in [0.05, 0.1) is 13.2 Å². The zero-order chi connectivity index (χ0) is 13.8. The molecule has 1 aromatic carbocycles. The number of aliphatic hydroxyl groups is 1. The first-order valence-corrected chi connectivity index (χ1v) is 6.32. The van der Waals surface area contributed by atoms with Gasteiger partial charge in [-0.2, -0.15) is 0 Å². The van der Waals surface area contributed by atoms with Crippen LogP contribution >= 0.6 is 0 Å². The lowest BCUT2D eigenvalue weighted by Crippen LogP contribution is -2.26. The summed E-state index contributed by atoms with van der Waals surface area (Å²) in [4.78, 5) is 12.0. The summed E-state index contributed by atoms with van der Waals surface area (Å²) in [6.45, 7) is 9.22. The van der Waals surface area contributed by atoms with Crippen LogP contribution in [-0.2, 0) is 5.41 Å². The molecule has 2 N–H and O–H groups in total. The van der Waals surface area contributed by atoms with Crippen molar-refractivity contribution in [3.05, 3.63) is 34.9 Å². The minimum Gasteiger partial charge on any atom is -0.395 e. The maximum absolute atomic E-state index is 12.0. The third kappa shape index (κ3) is 3.93. The molecule has 0 aliphatic carbocycles. The molecule has 0 unspecified atom stereocenters. The van der Waals surface area contributed by atoms with Crippen LogP contribution in [0, 0.1) is 6.92 Å². The molecule has 1 aromatic rings. The number of nitrogens with one attached hydrogen (secondary N) is 1. The van der Waals surface area contributed by atoms with Crippen molar-refractivity contribution in [1.29, 1.82) is 0 Å². The fourth-order valence-corrected chi connectivity index (χ4v) is 1.82. The Morgan fingerprint density at radius 2 is 2.00 bits per heavy atom. The fraction of sp³-hybridized carbons (Fsp3) is 0.533. The normalized spacial score (nSPS) is 11.6. The zero-order valence-electron chi connectivity index (χ0n) is 11.7. The first-order chi connectivity index (χ1) is 8.36. The molecule has 0 amide bonds. The third-order valence-electron chi connectivity index (χ3n) is 2.97. The minimum absolute atomic E-state index is 0.0508. The van der Waals surface area contributed by atoms with Gasteiger partial charge in [0, 0.05) is 12.1 Å². The Kier molecular flexibility index (Phi) is 5.05. The minimum atomic E-state index is 0.0508. The van der Waals surface area contributed by atoms with Crippen molar-refractivity contribution >= 4 is 5.78 Å². The summed E-state index contributed by atoms with van der Waals surface area (Å²) in [7, 11) is 0. The maximum Gasteiger partial charge on any atom is 0.176 e. The number of aliphatic hydroxyl groups excluding tert-OH is 1. The molecule has 0 heterocycles. The summed E-state index contributed by atoms with van der Waals surface area (Å²) in [6.07, 6.45) is 0. The van der Waals surface area contributed by atoms with Gasteiger partial charge >= 0.3 is 0 Å². The van der Waals surface area contributed by atoms with E-state index in [1.54, 1.807) is 0 Å². The highest BCUT2D eigenvalue weighted by Gasteiger charge is 2.16. The van der Waals surface area contributed by atoms with E-state index in [1.165, 1.54) is 5.56 Å². The number of rotatable bonds is 5. The van der Waals surface area contributed by atoms with E-state index >= 15 is 0 Å². The van der Waals surface area contributed by atoms with Crippen molar-refractivity contribution in [2.45, 2.75) is 33.1 Å². The van der Waals surface area contributed by atoms with E-state index in [2.05, 4.69) is 32.2 Å². The molecule has 0 fully saturated rings. The number of ketones is 1. The van der Waals surface area contributed by atoms with Gasteiger partial charge < -0.3 is 10.4 Å². The summed E-state index contributed by atoms with van der Waals surface area (Å²) in [5.74, 6) is 0.0707. The number of hydrogen-bond acceptors (Lipinski definition) is 3. The van der Waals surface area contributed by atoms with E-state index in [0.717, 1.165) is 11.1 Å². The fourth-order valence-electron chi connectivity index (χ4n) is 1.82. The van der Waals surface area contributed by atoms with Crippen LogP contribution < -0.4 is 5.32 Å². The first-order valence-electron chi connectivity index (χ1n) is 6.32. The average molecular weight is 249 g/mol. The second kappa shape index (κ2) is 6.12. The number of carbonyl (C=O) groups excluding carboxylic acids is 1. The number of Topliss-reactive ketones (excluding diaryl/α,β-unsaturated/α-hetero) is 1. The van der Waals surface area contributed by atoms with Gasteiger partial charge in [-0.25, -0.2) is 0 Å². The van der Waals surface area contributed by atoms with E-state index in [9.17, 15) is 4.79 Å². The smallest absolute Gasteiger partial charge is 0.176 e. The summed E-state index contributed by atoms with van der Waals surface area (Å²) in [5.41, 5.74) is 3.10. The highest BCUT2D eigenvalue weighted by atomic mass is 16.3. The first kappa shape index (κ1) is 14.9. The maximum atomic E-state index is 12.0. The Balaban J connectivity index is 2.82. The molecule has 0 bridgehead atoms. The van der Waals surface area contributed by atoms with E-state index in [1.807, 2.05) is 19.1 Å². The standard InChI is InChI=1S/C15H23NO2/c1-11-9-12(15(2,3)4)5-6-13(11)14(18)10-16-7-8-17/h5-6,9,16-17H,7-8,10H2,1-4H3. The summed E-state index contributed by atoms with van der Waals surface area (Å²) < 4.78 is 0. The Morgan fingerprint density at radius 3 is 2.50 bits per heavy atom. The number of benzene rings is 1. The Labute approximate surface area is 109 Å². The molecular formula is C15H23NO2. The van der Waals surface area contributed by atoms with Crippen LogP contribution in [0.1, 0.15) is 42.3 Å². The van der Waals surface area contributed by atoms with Gasteiger partial charge in [-0.1, -0.05) is 39.0 Å². The van der Waals surface area contributed by atoms with Gasteiger partial charge in [-0.05, 0) is 23.5 Å². The van der Waals surface area contributed by atoms with E-state index in [-0.39, 0.29) is 24.3 Å². The van der Waals surface area contributed by atoms with Crippen molar-refractivity contribution < 1.29 is 9.90 Å². The Hall–Kier alpha value is -1.19. The molecule has 1 rings (SSSR count). The number of hydrogen-bond donors (Lipinski definition) is 2. The predicted molar refractivity (Wildman–Crippen MR) is 74.2 cm³/mol. The van der Waals surface area contributed by atoms with Gasteiger partial charge in [0.1, 0.15) is 0 Å². The molecule has 0 spiro atoms. The molecule has 0 saturated carbocycles. The summed E-state index contributed by atoms with van der Waals surface area (Å²) in [6, 6.07) is 6.00. The molecular weight excluding hydrogens is 226 g/mol. The van der Waals surface area contributed by atoms with Crippen LogP contribution in [0.15, 0.2) is 18.2 Å². The molecule has 0 aliphatic heterocycles. The molecule has 18 heavy (non-hydrogen) atoms. The van der Waals surface area contributed by atoms with E-state index < -0.39 is 0 Å². The van der Waals surface area contributed by atoms with Crippen molar-refractivity contribution in [3.63, 3.8) is 0 Å². The molecule has 100 valence electrons. The Morgan fingerprint density at radius 1 is 1.33 bits per heavy atom. The van der Waals surface area contributed by atoms with Crippen molar-refractivity contribution in [3.8, 4) is 0 Å². The van der Waals surface area contributed by atoms with Crippen molar-refractivity contribution in [2.75, 3.05) is 19.7 Å². The quantitative estimate of drug-likeness (QED) is 0.620. The monoisotopic (exact) mass is 249 g/mol. The van der Waals surface area contributed by atoms with Gasteiger partial charge in [0.15, 0.2) is 5.78 Å². The van der Waals surface area contributed by atoms with Crippen molar-refractivity contribution in [1.82, 2.24) is 5.32 Å². The summed E-state index contributed by atoms with van der Waals surface area (Å²) >= 11 is 0. The largest absolute Gasteiger partial charge is 0.395 e. The molecule has 0 saturated heterocycles. The van der Waals surface area contributed by atoms with Crippen LogP contribution in [0.5, 0.6) is 0 Å². The number of carbonyl (C=O) groups is 1. The highest BCUT2D eigenvalue weighted by Crippen LogP contribution is 2.24. The van der Waals surface area contributed by atoms with E-state index in [4.69, 9.17) is 5.11 Å². The molecule has 0 aromatic heterocycles. The summed E-state index contributed by atoms with van der Waals surface area (Å²) in [5, 5.41) is 11.6. The lowest BCUT2D eigenvalue weighted by atomic mass is 9.85. The van der Waals surface area contributed by atoms with Gasteiger partial charge in [0.2, 0.25) is 0 Å². The van der Waals surface area contributed by atoms with Crippen molar-refractivity contribution in [2.24, 2.45) is 0 Å².